The van der Waals surface area contributed by atoms with E-state index in [-0.39, 0.29) is 23.2 Å². The van der Waals surface area contributed by atoms with E-state index in [0.29, 0.717) is 17.1 Å². The second-order valence-electron chi connectivity index (χ2n) is 9.57. The van der Waals surface area contributed by atoms with Crippen molar-refractivity contribution < 1.29 is 27.4 Å². The molecule has 0 bridgehead atoms. The molecule has 2 aromatic rings. The lowest BCUT2D eigenvalue weighted by molar-refractivity contribution is -0.137. The Bertz CT molecular complexity index is 1090. The van der Waals surface area contributed by atoms with Crippen molar-refractivity contribution in [2.45, 2.75) is 56.3 Å². The molecule has 2 aliphatic rings. The van der Waals surface area contributed by atoms with E-state index in [1.165, 1.54) is 11.6 Å². The summed E-state index contributed by atoms with van der Waals surface area (Å²) in [6.45, 7) is 2.61. The van der Waals surface area contributed by atoms with Crippen LogP contribution in [0.4, 0.5) is 23.7 Å². The summed E-state index contributed by atoms with van der Waals surface area (Å²) in [4.78, 5) is 15.1. The zero-order valence-electron chi connectivity index (χ0n) is 20.5. The van der Waals surface area contributed by atoms with Gasteiger partial charge < -0.3 is 25.0 Å². The second-order valence-corrected chi connectivity index (χ2v) is 9.57. The average Bonchev–Trinajstić information content (AvgIpc) is 3.16. The number of nitrogens with one attached hydrogen (secondary N) is 2. The second kappa shape index (κ2) is 9.60. The van der Waals surface area contributed by atoms with Crippen LogP contribution in [0.1, 0.15) is 42.4 Å². The Morgan fingerprint density at radius 3 is 2.51 bits per heavy atom. The van der Waals surface area contributed by atoms with Gasteiger partial charge in [-0.3, -0.25) is 0 Å². The number of likely N-dealkylation sites (N-methyl/N-ethyl adjacent to an activating group) is 1. The first-order valence-electron chi connectivity index (χ1n) is 11.8. The van der Waals surface area contributed by atoms with E-state index in [2.05, 4.69) is 34.7 Å². The van der Waals surface area contributed by atoms with E-state index >= 15 is 0 Å². The highest BCUT2D eigenvalue weighted by molar-refractivity contribution is 5.90. The number of carbonyl (C=O) groups excluding carboxylic acids is 1. The van der Waals surface area contributed by atoms with Gasteiger partial charge in [0.1, 0.15) is 0 Å². The SMILES string of the molecule is COc1ccc([C@@]23CC[C@@H](NC(=O)Nc4cc(C(F)(F)F)ccc4C)C[C@@H]2N(C)CC3)cc1OC. The minimum atomic E-state index is -4.47. The van der Waals surface area contributed by atoms with Crippen LogP contribution in [0.3, 0.4) is 0 Å². The predicted octanol–water partition coefficient (Wildman–Crippen LogP) is 5.35. The summed E-state index contributed by atoms with van der Waals surface area (Å²) in [5.41, 5.74) is 1.08. The number of ether oxygens (including phenoxy) is 2. The van der Waals surface area contributed by atoms with Gasteiger partial charge in [-0.25, -0.2) is 4.79 Å². The van der Waals surface area contributed by atoms with E-state index in [9.17, 15) is 18.0 Å². The van der Waals surface area contributed by atoms with Gasteiger partial charge in [0.15, 0.2) is 11.5 Å². The first kappa shape index (κ1) is 25.2. The molecule has 4 rings (SSSR count). The van der Waals surface area contributed by atoms with Crippen molar-refractivity contribution >= 4 is 11.7 Å². The van der Waals surface area contributed by atoms with Gasteiger partial charge in [-0.15, -0.1) is 0 Å². The zero-order valence-corrected chi connectivity index (χ0v) is 20.5. The minimum Gasteiger partial charge on any atom is -0.493 e. The number of anilines is 1. The van der Waals surface area contributed by atoms with Crippen LogP contribution in [-0.2, 0) is 11.6 Å². The Hall–Kier alpha value is -2.94. The van der Waals surface area contributed by atoms with Crippen LogP contribution in [0.25, 0.3) is 0 Å². The largest absolute Gasteiger partial charge is 0.493 e. The highest BCUT2D eigenvalue weighted by atomic mass is 19.4. The van der Waals surface area contributed by atoms with Crippen LogP contribution in [0.15, 0.2) is 36.4 Å². The van der Waals surface area contributed by atoms with Gasteiger partial charge >= 0.3 is 12.2 Å². The number of hydrogen-bond donors (Lipinski definition) is 2. The molecule has 35 heavy (non-hydrogen) atoms. The highest BCUT2D eigenvalue weighted by Crippen LogP contribution is 2.49. The smallest absolute Gasteiger partial charge is 0.416 e. The van der Waals surface area contributed by atoms with Crippen molar-refractivity contribution in [3.05, 3.63) is 53.1 Å². The summed E-state index contributed by atoms with van der Waals surface area (Å²) in [5, 5.41) is 5.61. The summed E-state index contributed by atoms with van der Waals surface area (Å²) in [6, 6.07) is 9.10. The van der Waals surface area contributed by atoms with Gasteiger partial charge in [0, 0.05) is 23.2 Å². The van der Waals surface area contributed by atoms with E-state index in [1.807, 2.05) is 6.07 Å². The molecule has 2 fully saturated rings. The van der Waals surface area contributed by atoms with Crippen LogP contribution in [0, 0.1) is 6.92 Å². The number of benzene rings is 2. The van der Waals surface area contributed by atoms with E-state index in [4.69, 9.17) is 9.47 Å². The van der Waals surface area contributed by atoms with E-state index < -0.39 is 17.8 Å². The molecule has 0 radical (unpaired) electrons. The lowest BCUT2D eigenvalue weighted by Crippen LogP contribution is -2.52. The maximum absolute atomic E-state index is 13.1. The molecule has 1 aliphatic carbocycles. The Morgan fingerprint density at radius 1 is 1.09 bits per heavy atom. The number of likely N-dealkylation sites (tertiary alicyclic amines) is 1. The molecule has 1 aliphatic heterocycles. The summed E-state index contributed by atoms with van der Waals surface area (Å²) >= 11 is 0. The van der Waals surface area contributed by atoms with Gasteiger partial charge in [-0.2, -0.15) is 13.2 Å². The highest BCUT2D eigenvalue weighted by Gasteiger charge is 2.50. The molecule has 190 valence electrons. The molecule has 1 saturated carbocycles. The molecule has 3 atom stereocenters. The van der Waals surface area contributed by atoms with Gasteiger partial charge in [-0.1, -0.05) is 12.1 Å². The monoisotopic (exact) mass is 491 g/mol. The number of fused-ring (bicyclic) bond motifs is 1. The minimum absolute atomic E-state index is 0.0550. The van der Waals surface area contributed by atoms with Crippen molar-refractivity contribution in [3.8, 4) is 11.5 Å². The standard InChI is InChI=1S/C26H32F3N3O3/c1-16-5-6-18(26(27,28)29)13-20(16)31-24(33)30-19-9-10-25(11-12-32(2)23(25)15-19)17-7-8-21(34-3)22(14-17)35-4/h5-8,13-14,19,23H,9-12,15H2,1-4H3,(H2,30,31,33)/t19-,23+,25+/m1/s1. The Labute approximate surface area is 203 Å². The lowest BCUT2D eigenvalue weighted by atomic mass is 9.65. The number of aryl methyl sites for hydroxylation is 1. The molecule has 1 saturated heterocycles. The number of urea groups is 1. The topological polar surface area (TPSA) is 62.8 Å². The molecule has 0 unspecified atom stereocenters. The molecule has 1 heterocycles. The maximum atomic E-state index is 13.1. The number of hydrogen-bond acceptors (Lipinski definition) is 4. The molecule has 6 nitrogen and oxygen atoms in total. The van der Waals surface area contributed by atoms with Gasteiger partial charge in [0.25, 0.3) is 0 Å². The molecular weight excluding hydrogens is 459 g/mol. The Kier molecular flexibility index (Phi) is 6.90. The van der Waals surface area contributed by atoms with Crippen molar-refractivity contribution in [1.82, 2.24) is 10.2 Å². The maximum Gasteiger partial charge on any atom is 0.416 e. The van der Waals surface area contributed by atoms with Gasteiger partial charge in [-0.05, 0) is 81.6 Å². The van der Waals surface area contributed by atoms with Crippen LogP contribution in [0.2, 0.25) is 0 Å². The third-order valence-electron chi connectivity index (χ3n) is 7.63. The van der Waals surface area contributed by atoms with E-state index in [0.717, 1.165) is 44.4 Å². The van der Waals surface area contributed by atoms with Crippen LogP contribution in [0.5, 0.6) is 11.5 Å². The average molecular weight is 492 g/mol. The number of amides is 2. The fourth-order valence-corrected chi connectivity index (χ4v) is 5.67. The fourth-order valence-electron chi connectivity index (χ4n) is 5.67. The number of nitrogens with zero attached hydrogens (tertiary/aromatic N) is 1. The van der Waals surface area contributed by atoms with Crippen molar-refractivity contribution in [1.29, 1.82) is 0 Å². The molecule has 0 spiro atoms. The number of carbonyl (C=O) groups is 1. The molecule has 2 amide bonds. The van der Waals surface area contributed by atoms with Crippen molar-refractivity contribution in [2.24, 2.45) is 0 Å². The van der Waals surface area contributed by atoms with Gasteiger partial charge in [0.05, 0.1) is 19.8 Å². The summed E-state index contributed by atoms with van der Waals surface area (Å²) in [7, 11) is 5.34. The zero-order chi connectivity index (χ0) is 25.4. The quantitative estimate of drug-likeness (QED) is 0.592. The summed E-state index contributed by atoms with van der Waals surface area (Å²) in [5.74, 6) is 1.39. The molecule has 9 heteroatoms. The van der Waals surface area contributed by atoms with Crippen LogP contribution in [-0.4, -0.2) is 50.8 Å². The van der Waals surface area contributed by atoms with Crippen molar-refractivity contribution in [2.75, 3.05) is 33.1 Å². The van der Waals surface area contributed by atoms with Crippen LogP contribution < -0.4 is 20.1 Å². The molecular formula is C26H32F3N3O3. The molecule has 2 N–H and O–H groups in total. The number of rotatable bonds is 5. The molecule has 0 aromatic heterocycles. The third kappa shape index (κ3) is 4.91. The lowest BCUT2D eigenvalue weighted by Gasteiger charge is -2.45. The van der Waals surface area contributed by atoms with Gasteiger partial charge in [0.2, 0.25) is 0 Å². The van der Waals surface area contributed by atoms with Crippen molar-refractivity contribution in [3.63, 3.8) is 0 Å². The molecule has 2 aromatic carbocycles. The summed E-state index contributed by atoms with van der Waals surface area (Å²) < 4.78 is 50.2. The first-order valence-corrected chi connectivity index (χ1v) is 11.8. The fraction of sp³-hybridized carbons (Fsp3) is 0.500. The predicted molar refractivity (Wildman–Crippen MR) is 128 cm³/mol. The van der Waals surface area contributed by atoms with Crippen LogP contribution >= 0.6 is 0 Å². The third-order valence-corrected chi connectivity index (χ3v) is 7.63. The Balaban J connectivity index is 1.48. The number of halogens is 3. The Morgan fingerprint density at radius 2 is 1.83 bits per heavy atom. The first-order chi connectivity index (χ1) is 16.6. The summed E-state index contributed by atoms with van der Waals surface area (Å²) in [6.07, 6.45) is -1.06. The number of methoxy groups -OCH3 is 2. The number of alkyl halides is 3. The van der Waals surface area contributed by atoms with E-state index in [1.54, 1.807) is 21.1 Å². The normalized spacial score (nSPS) is 24.5.